The van der Waals surface area contributed by atoms with Crippen molar-refractivity contribution in [3.63, 3.8) is 0 Å². The molecule has 0 bridgehead atoms. The van der Waals surface area contributed by atoms with E-state index in [0.29, 0.717) is 16.1 Å². The highest BCUT2D eigenvalue weighted by molar-refractivity contribution is 7.23. The van der Waals surface area contributed by atoms with Gasteiger partial charge in [0.15, 0.2) is 5.78 Å². The lowest BCUT2D eigenvalue weighted by atomic mass is 10.0. The molecule has 0 aliphatic heterocycles. The summed E-state index contributed by atoms with van der Waals surface area (Å²) in [5.41, 5.74) is 1.18. The maximum Gasteiger partial charge on any atom is 0.221 e. The maximum atomic E-state index is 12.8. The van der Waals surface area contributed by atoms with Crippen molar-refractivity contribution in [2.24, 2.45) is 0 Å². The minimum absolute atomic E-state index is 0.0724. The lowest BCUT2D eigenvalue weighted by molar-refractivity contribution is -0.114. The molecule has 3 rings (SSSR count). The number of thiophene rings is 1. The quantitative estimate of drug-likeness (QED) is 0.740. The van der Waals surface area contributed by atoms with Crippen LogP contribution in [0.1, 0.15) is 22.8 Å². The first-order valence-electron chi connectivity index (χ1n) is 6.55. The molecule has 104 valence electrons. The summed E-state index contributed by atoms with van der Waals surface area (Å²) >= 11 is 1.42. The van der Waals surface area contributed by atoms with E-state index >= 15 is 0 Å². The molecule has 1 aromatic heterocycles. The molecule has 1 amide bonds. The summed E-state index contributed by atoms with van der Waals surface area (Å²) in [6.07, 6.45) is 0. The largest absolute Gasteiger partial charge is 0.317 e. The van der Waals surface area contributed by atoms with Crippen molar-refractivity contribution in [1.82, 2.24) is 0 Å². The minimum Gasteiger partial charge on any atom is -0.317 e. The number of fused-ring (bicyclic) bond motifs is 1. The van der Waals surface area contributed by atoms with Crippen LogP contribution in [0.25, 0.3) is 10.1 Å². The van der Waals surface area contributed by atoms with Crippen LogP contribution in [-0.2, 0) is 4.79 Å². The molecule has 21 heavy (non-hydrogen) atoms. The summed E-state index contributed by atoms with van der Waals surface area (Å²) in [6, 6.07) is 16.8. The molecule has 0 fully saturated rings. The monoisotopic (exact) mass is 295 g/mol. The Morgan fingerprint density at radius 1 is 0.952 bits per heavy atom. The number of ketones is 1. The van der Waals surface area contributed by atoms with E-state index in [9.17, 15) is 9.59 Å². The van der Waals surface area contributed by atoms with Gasteiger partial charge in [-0.1, -0.05) is 48.5 Å². The van der Waals surface area contributed by atoms with Gasteiger partial charge in [-0.15, -0.1) is 11.3 Å². The van der Waals surface area contributed by atoms with Crippen LogP contribution in [0.15, 0.2) is 54.6 Å². The molecule has 0 radical (unpaired) electrons. The van der Waals surface area contributed by atoms with Gasteiger partial charge >= 0.3 is 0 Å². The number of anilines is 1. The van der Waals surface area contributed by atoms with E-state index in [1.165, 1.54) is 18.3 Å². The summed E-state index contributed by atoms with van der Waals surface area (Å²) in [5, 5.41) is 4.26. The number of carbonyl (C=O) groups is 2. The van der Waals surface area contributed by atoms with E-state index in [1.54, 1.807) is 12.1 Å². The van der Waals surface area contributed by atoms with Crippen LogP contribution in [0.4, 0.5) is 5.00 Å². The number of nitrogens with one attached hydrogen (secondary N) is 1. The summed E-state index contributed by atoms with van der Waals surface area (Å²) in [5.74, 6) is -0.250. The molecule has 2 aromatic carbocycles. The third-order valence-electron chi connectivity index (χ3n) is 3.15. The van der Waals surface area contributed by atoms with Gasteiger partial charge in [0, 0.05) is 22.6 Å². The van der Waals surface area contributed by atoms with Crippen molar-refractivity contribution < 1.29 is 9.59 Å². The fraction of sp³-hybridized carbons (Fsp3) is 0.0588. The zero-order valence-electron chi connectivity index (χ0n) is 11.4. The van der Waals surface area contributed by atoms with Gasteiger partial charge in [-0.3, -0.25) is 9.59 Å². The first-order chi connectivity index (χ1) is 10.2. The van der Waals surface area contributed by atoms with E-state index in [2.05, 4.69) is 5.32 Å². The molecule has 0 aliphatic carbocycles. The molecule has 0 saturated heterocycles. The lowest BCUT2D eigenvalue weighted by Gasteiger charge is -2.04. The van der Waals surface area contributed by atoms with Gasteiger partial charge in [0.1, 0.15) is 5.00 Å². The predicted octanol–water partition coefficient (Wildman–Crippen LogP) is 4.09. The van der Waals surface area contributed by atoms with E-state index in [0.717, 1.165) is 10.1 Å². The van der Waals surface area contributed by atoms with Crippen LogP contribution in [-0.4, -0.2) is 11.7 Å². The van der Waals surface area contributed by atoms with Gasteiger partial charge in [0.2, 0.25) is 5.91 Å². The smallest absolute Gasteiger partial charge is 0.221 e. The van der Waals surface area contributed by atoms with E-state index in [-0.39, 0.29) is 11.7 Å². The number of hydrogen-bond acceptors (Lipinski definition) is 3. The Labute approximate surface area is 126 Å². The molecule has 4 heteroatoms. The zero-order chi connectivity index (χ0) is 14.8. The highest BCUT2D eigenvalue weighted by atomic mass is 32.1. The molecule has 3 aromatic rings. The van der Waals surface area contributed by atoms with Gasteiger partial charge in [-0.25, -0.2) is 0 Å². The van der Waals surface area contributed by atoms with Crippen molar-refractivity contribution in [3.05, 3.63) is 65.7 Å². The van der Waals surface area contributed by atoms with Gasteiger partial charge in [-0.05, 0) is 6.07 Å². The highest BCUT2D eigenvalue weighted by Gasteiger charge is 2.20. The molecule has 0 unspecified atom stereocenters. The molecule has 0 atom stereocenters. The molecule has 1 heterocycles. The van der Waals surface area contributed by atoms with Crippen molar-refractivity contribution in [2.75, 3.05) is 5.32 Å². The Balaban J connectivity index is 2.19. The van der Waals surface area contributed by atoms with Crippen molar-refractivity contribution >= 4 is 38.1 Å². The van der Waals surface area contributed by atoms with Crippen LogP contribution in [0.3, 0.4) is 0 Å². The molecule has 0 spiro atoms. The summed E-state index contributed by atoms with van der Waals surface area (Å²) in [7, 11) is 0. The maximum absolute atomic E-state index is 12.8. The Kier molecular flexibility index (Phi) is 3.54. The third-order valence-corrected chi connectivity index (χ3v) is 4.23. The number of hydrogen-bond donors (Lipinski definition) is 1. The Morgan fingerprint density at radius 2 is 1.62 bits per heavy atom. The van der Waals surface area contributed by atoms with Crippen molar-refractivity contribution in [2.45, 2.75) is 6.92 Å². The SMILES string of the molecule is CC(=O)Nc1sc2ccccc2c1C(=O)c1ccccc1. The molecule has 1 N–H and O–H groups in total. The number of carbonyl (C=O) groups excluding carboxylic acids is 2. The Morgan fingerprint density at radius 3 is 2.33 bits per heavy atom. The average Bonchev–Trinajstić information content (AvgIpc) is 2.84. The van der Waals surface area contributed by atoms with Crippen LogP contribution in [0.5, 0.6) is 0 Å². The van der Waals surface area contributed by atoms with Gasteiger partial charge < -0.3 is 5.32 Å². The first kappa shape index (κ1) is 13.5. The summed E-state index contributed by atoms with van der Waals surface area (Å²) in [6.45, 7) is 1.45. The second-order valence-electron chi connectivity index (χ2n) is 4.68. The minimum atomic E-state index is -0.177. The van der Waals surface area contributed by atoms with E-state index in [1.807, 2.05) is 42.5 Å². The van der Waals surface area contributed by atoms with Gasteiger partial charge in [0.25, 0.3) is 0 Å². The molecule has 0 saturated carbocycles. The second-order valence-corrected chi connectivity index (χ2v) is 5.73. The van der Waals surface area contributed by atoms with Gasteiger partial charge in [-0.2, -0.15) is 0 Å². The fourth-order valence-electron chi connectivity index (χ4n) is 2.25. The fourth-order valence-corrected chi connectivity index (χ4v) is 3.40. The second kappa shape index (κ2) is 5.50. The van der Waals surface area contributed by atoms with Crippen LogP contribution in [0.2, 0.25) is 0 Å². The number of amides is 1. The summed E-state index contributed by atoms with van der Waals surface area (Å²) in [4.78, 5) is 24.2. The number of benzene rings is 2. The number of rotatable bonds is 3. The predicted molar refractivity (Wildman–Crippen MR) is 86.0 cm³/mol. The molecule has 0 aliphatic rings. The van der Waals surface area contributed by atoms with Crippen LogP contribution >= 0.6 is 11.3 Å². The topological polar surface area (TPSA) is 46.2 Å². The van der Waals surface area contributed by atoms with Crippen LogP contribution in [0, 0.1) is 0 Å². The molecular formula is C17H13NO2S. The molecule has 3 nitrogen and oxygen atoms in total. The molecular weight excluding hydrogens is 282 g/mol. The average molecular weight is 295 g/mol. The van der Waals surface area contributed by atoms with Crippen molar-refractivity contribution in [1.29, 1.82) is 0 Å². The van der Waals surface area contributed by atoms with E-state index < -0.39 is 0 Å². The van der Waals surface area contributed by atoms with Gasteiger partial charge in [0.05, 0.1) is 5.56 Å². The Hall–Kier alpha value is -2.46. The standard InChI is InChI=1S/C17H13NO2S/c1-11(19)18-17-15(13-9-5-6-10-14(13)21-17)16(20)12-7-3-2-4-8-12/h2-10H,1H3,(H,18,19). The first-order valence-corrected chi connectivity index (χ1v) is 7.37. The third kappa shape index (κ3) is 2.58. The summed E-state index contributed by atoms with van der Waals surface area (Å²) < 4.78 is 0.987. The highest BCUT2D eigenvalue weighted by Crippen LogP contribution is 2.37. The zero-order valence-corrected chi connectivity index (χ0v) is 12.2. The van der Waals surface area contributed by atoms with Crippen LogP contribution < -0.4 is 5.32 Å². The van der Waals surface area contributed by atoms with E-state index in [4.69, 9.17) is 0 Å². The normalized spacial score (nSPS) is 10.5. The Bertz CT molecular complexity index is 821. The lowest BCUT2D eigenvalue weighted by Crippen LogP contribution is -2.09. The van der Waals surface area contributed by atoms with Crippen molar-refractivity contribution in [3.8, 4) is 0 Å².